The van der Waals surface area contributed by atoms with Gasteiger partial charge in [-0.05, 0) is 25.0 Å². The highest BCUT2D eigenvalue weighted by molar-refractivity contribution is 7.88. The second-order valence-electron chi connectivity index (χ2n) is 5.17. The lowest BCUT2D eigenvalue weighted by Gasteiger charge is -2.31. The average Bonchev–Trinajstić information content (AvgIpc) is 2.46. The Bertz CT molecular complexity index is 671. The molecular formula is C13H17N3O5S. The van der Waals surface area contributed by atoms with E-state index < -0.39 is 21.9 Å². The summed E-state index contributed by atoms with van der Waals surface area (Å²) in [6.45, 7) is 0.700. The van der Waals surface area contributed by atoms with E-state index in [4.69, 9.17) is 5.11 Å². The Labute approximate surface area is 128 Å². The Morgan fingerprint density at radius 1 is 1.41 bits per heavy atom. The molecule has 1 aromatic rings. The number of carboxylic acids is 1. The smallest absolute Gasteiger partial charge is 0.354 e. The maximum Gasteiger partial charge on any atom is 0.354 e. The molecule has 0 aliphatic carbocycles. The van der Waals surface area contributed by atoms with Crippen LogP contribution in [0.3, 0.4) is 0 Å². The first-order chi connectivity index (χ1) is 10.3. The third kappa shape index (κ3) is 4.01. The molecule has 22 heavy (non-hydrogen) atoms. The summed E-state index contributed by atoms with van der Waals surface area (Å²) in [6, 6.07) is 2.36. The van der Waals surface area contributed by atoms with E-state index in [9.17, 15) is 18.0 Å². The zero-order chi connectivity index (χ0) is 16.3. The van der Waals surface area contributed by atoms with Crippen LogP contribution in [0.2, 0.25) is 0 Å². The third-order valence-corrected chi connectivity index (χ3v) is 4.70. The summed E-state index contributed by atoms with van der Waals surface area (Å²) in [4.78, 5) is 26.5. The lowest BCUT2D eigenvalue weighted by molar-refractivity contribution is 0.0689. The quantitative estimate of drug-likeness (QED) is 0.800. The van der Waals surface area contributed by atoms with Crippen molar-refractivity contribution in [3.8, 4) is 0 Å². The molecule has 2 N–H and O–H groups in total. The van der Waals surface area contributed by atoms with E-state index >= 15 is 0 Å². The maximum atomic E-state index is 12.1. The van der Waals surface area contributed by atoms with Gasteiger partial charge in [0.2, 0.25) is 10.0 Å². The van der Waals surface area contributed by atoms with Crippen LogP contribution >= 0.6 is 0 Å². The number of hydrogen-bond donors (Lipinski definition) is 2. The highest BCUT2D eigenvalue weighted by Gasteiger charge is 2.27. The van der Waals surface area contributed by atoms with E-state index in [0.29, 0.717) is 19.4 Å². The first kappa shape index (κ1) is 16.4. The van der Waals surface area contributed by atoms with Crippen molar-refractivity contribution in [1.82, 2.24) is 14.6 Å². The number of amides is 1. The summed E-state index contributed by atoms with van der Waals surface area (Å²) in [5, 5.41) is 11.5. The Morgan fingerprint density at radius 2 is 2.14 bits per heavy atom. The molecule has 0 aromatic carbocycles. The molecule has 1 unspecified atom stereocenters. The van der Waals surface area contributed by atoms with Crippen LogP contribution in [-0.2, 0) is 10.0 Å². The van der Waals surface area contributed by atoms with Gasteiger partial charge in [-0.3, -0.25) is 4.79 Å². The molecule has 1 fully saturated rings. The van der Waals surface area contributed by atoms with Gasteiger partial charge in [-0.15, -0.1) is 0 Å². The highest BCUT2D eigenvalue weighted by atomic mass is 32.2. The molecule has 9 heteroatoms. The fraction of sp³-hybridized carbons (Fsp3) is 0.462. The van der Waals surface area contributed by atoms with Crippen molar-refractivity contribution < 1.29 is 23.1 Å². The van der Waals surface area contributed by atoms with Crippen LogP contribution in [0.25, 0.3) is 0 Å². The predicted octanol–water partition coefficient (Wildman–Crippen LogP) is -0.0664. The second-order valence-corrected chi connectivity index (χ2v) is 7.15. The number of nitrogens with one attached hydrogen (secondary N) is 1. The Morgan fingerprint density at radius 3 is 2.68 bits per heavy atom. The van der Waals surface area contributed by atoms with Crippen LogP contribution in [0.1, 0.15) is 33.7 Å². The number of pyridine rings is 1. The van der Waals surface area contributed by atoms with Gasteiger partial charge < -0.3 is 10.4 Å². The lowest BCUT2D eigenvalue weighted by atomic mass is 10.1. The number of piperidine rings is 1. The van der Waals surface area contributed by atoms with Gasteiger partial charge in [-0.25, -0.2) is 22.5 Å². The van der Waals surface area contributed by atoms with Gasteiger partial charge in [0.25, 0.3) is 5.91 Å². The molecule has 2 heterocycles. The van der Waals surface area contributed by atoms with Crippen molar-refractivity contribution in [2.75, 3.05) is 19.3 Å². The van der Waals surface area contributed by atoms with Gasteiger partial charge in [-0.2, -0.15) is 0 Å². The van der Waals surface area contributed by atoms with E-state index in [2.05, 4.69) is 10.3 Å². The van der Waals surface area contributed by atoms with Crippen LogP contribution in [-0.4, -0.2) is 60.1 Å². The van der Waals surface area contributed by atoms with Crippen LogP contribution in [0.15, 0.2) is 18.3 Å². The predicted molar refractivity (Wildman–Crippen MR) is 78.1 cm³/mol. The molecule has 8 nitrogen and oxygen atoms in total. The molecule has 1 atom stereocenters. The van der Waals surface area contributed by atoms with Gasteiger partial charge in [0.15, 0.2) is 0 Å². The Kier molecular flexibility index (Phi) is 4.77. The summed E-state index contributed by atoms with van der Waals surface area (Å²) in [6.07, 6.45) is 3.70. The van der Waals surface area contributed by atoms with Crippen LogP contribution in [0.4, 0.5) is 0 Å². The largest absolute Gasteiger partial charge is 0.477 e. The molecule has 2 rings (SSSR count). The molecule has 120 valence electrons. The number of rotatable bonds is 4. The minimum atomic E-state index is -3.27. The first-order valence-electron chi connectivity index (χ1n) is 6.72. The summed E-state index contributed by atoms with van der Waals surface area (Å²) < 4.78 is 24.4. The number of carboxylic acid groups (broad SMARTS) is 1. The number of carbonyl (C=O) groups is 2. The Balaban J connectivity index is 2.01. The average molecular weight is 327 g/mol. The first-order valence-corrected chi connectivity index (χ1v) is 8.57. The molecule has 1 aliphatic heterocycles. The van der Waals surface area contributed by atoms with Crippen molar-refractivity contribution in [3.63, 3.8) is 0 Å². The summed E-state index contributed by atoms with van der Waals surface area (Å²) in [7, 11) is -3.27. The van der Waals surface area contributed by atoms with Gasteiger partial charge in [0, 0.05) is 25.3 Å². The van der Waals surface area contributed by atoms with Gasteiger partial charge in [0.05, 0.1) is 11.8 Å². The monoisotopic (exact) mass is 327 g/mol. The standard InChI is InChI=1S/C13H17N3O5S/c1-22(20,21)16-6-2-3-10(8-16)15-12(17)9-4-5-11(13(18)19)14-7-9/h4-5,7,10H,2-3,6,8H2,1H3,(H,15,17)(H,18,19). The van der Waals surface area contributed by atoms with Crippen molar-refractivity contribution in [3.05, 3.63) is 29.6 Å². The number of nitrogens with zero attached hydrogens (tertiary/aromatic N) is 2. The van der Waals surface area contributed by atoms with Crippen LogP contribution in [0, 0.1) is 0 Å². The number of aromatic nitrogens is 1. The summed E-state index contributed by atoms with van der Waals surface area (Å²) in [5.41, 5.74) is 0.0962. The molecule has 0 bridgehead atoms. The van der Waals surface area contributed by atoms with Crippen molar-refractivity contribution >= 4 is 21.9 Å². The van der Waals surface area contributed by atoms with E-state index in [0.717, 1.165) is 6.26 Å². The van der Waals surface area contributed by atoms with E-state index in [-0.39, 0.29) is 23.8 Å². The molecule has 0 radical (unpaired) electrons. The number of sulfonamides is 1. The van der Waals surface area contributed by atoms with E-state index in [1.165, 1.54) is 22.6 Å². The van der Waals surface area contributed by atoms with Gasteiger partial charge in [-0.1, -0.05) is 0 Å². The summed E-state index contributed by atoms with van der Waals surface area (Å²) in [5.74, 6) is -1.56. The minimum Gasteiger partial charge on any atom is -0.477 e. The van der Waals surface area contributed by atoms with Crippen molar-refractivity contribution in [2.24, 2.45) is 0 Å². The fourth-order valence-corrected chi connectivity index (χ4v) is 3.20. The molecule has 1 aliphatic rings. The SMILES string of the molecule is CS(=O)(=O)N1CCCC(NC(=O)c2ccc(C(=O)O)nc2)C1. The molecular weight excluding hydrogens is 310 g/mol. The maximum absolute atomic E-state index is 12.1. The zero-order valence-electron chi connectivity index (χ0n) is 12.0. The molecule has 0 saturated carbocycles. The molecule has 1 amide bonds. The normalized spacial score (nSPS) is 19.6. The topological polar surface area (TPSA) is 117 Å². The lowest BCUT2D eigenvalue weighted by Crippen LogP contribution is -2.49. The van der Waals surface area contributed by atoms with Crippen LogP contribution in [0.5, 0.6) is 0 Å². The van der Waals surface area contributed by atoms with Crippen molar-refractivity contribution in [2.45, 2.75) is 18.9 Å². The molecule has 1 saturated heterocycles. The van der Waals surface area contributed by atoms with E-state index in [1.807, 2.05) is 0 Å². The number of hydrogen-bond acceptors (Lipinski definition) is 5. The van der Waals surface area contributed by atoms with Gasteiger partial charge in [0.1, 0.15) is 5.69 Å². The third-order valence-electron chi connectivity index (χ3n) is 3.43. The second kappa shape index (κ2) is 6.41. The minimum absolute atomic E-state index is 0.141. The van der Waals surface area contributed by atoms with Gasteiger partial charge >= 0.3 is 5.97 Å². The molecule has 0 spiro atoms. The zero-order valence-corrected chi connectivity index (χ0v) is 12.8. The summed E-state index contributed by atoms with van der Waals surface area (Å²) >= 11 is 0. The van der Waals surface area contributed by atoms with E-state index in [1.54, 1.807) is 0 Å². The number of aromatic carboxylic acids is 1. The highest BCUT2D eigenvalue weighted by Crippen LogP contribution is 2.13. The van der Waals surface area contributed by atoms with Crippen molar-refractivity contribution in [1.29, 1.82) is 0 Å². The number of carbonyl (C=O) groups excluding carboxylic acids is 1. The molecule has 1 aromatic heterocycles. The fourth-order valence-electron chi connectivity index (χ4n) is 2.28. The Hall–Kier alpha value is -2.00. The van der Waals surface area contributed by atoms with Crippen LogP contribution < -0.4 is 5.32 Å².